The molecule has 182 valence electrons. The van der Waals surface area contributed by atoms with Gasteiger partial charge in [0.15, 0.2) is 0 Å². The van der Waals surface area contributed by atoms with Gasteiger partial charge in [-0.05, 0) is 45.5 Å². The molecular weight excluding hydrogens is 442 g/mol. The van der Waals surface area contributed by atoms with Gasteiger partial charge in [-0.1, -0.05) is 19.0 Å². The van der Waals surface area contributed by atoms with E-state index in [0.29, 0.717) is 31.0 Å². The lowest BCUT2D eigenvalue weighted by Crippen LogP contribution is -2.44. The average Bonchev–Trinajstić information content (AvgIpc) is 3.11. The second-order valence-corrected chi connectivity index (χ2v) is 10.3. The maximum absolute atomic E-state index is 13.1. The zero-order valence-corrected chi connectivity index (χ0v) is 21.0. The maximum atomic E-state index is 13.1. The van der Waals surface area contributed by atoms with Gasteiger partial charge < -0.3 is 19.6 Å². The molecule has 0 unspecified atom stereocenters. The van der Waals surface area contributed by atoms with E-state index in [1.54, 1.807) is 12.1 Å². The van der Waals surface area contributed by atoms with Gasteiger partial charge in [0.1, 0.15) is 5.76 Å². The molecule has 1 aromatic heterocycles. The topological polar surface area (TPSA) is 99.0 Å². The molecule has 1 amide bonds. The highest BCUT2D eigenvalue weighted by Crippen LogP contribution is 2.31. The normalized spacial score (nSPS) is 15.3. The number of anilines is 2. The van der Waals surface area contributed by atoms with Gasteiger partial charge in [-0.15, -0.1) is 0 Å². The fraction of sp³-hybridized carbons (Fsp3) is 0.565. The van der Waals surface area contributed by atoms with Crippen molar-refractivity contribution in [3.8, 4) is 0 Å². The van der Waals surface area contributed by atoms with E-state index >= 15 is 0 Å². The first-order chi connectivity index (χ1) is 15.7. The minimum atomic E-state index is -3.64. The van der Waals surface area contributed by atoms with Gasteiger partial charge in [0.2, 0.25) is 15.9 Å². The van der Waals surface area contributed by atoms with E-state index in [4.69, 9.17) is 4.52 Å². The summed E-state index contributed by atoms with van der Waals surface area (Å²) in [6.07, 6.45) is 0.756. The number of likely N-dealkylation sites (N-methyl/N-ethyl adjacent to an activating group) is 1. The summed E-state index contributed by atoms with van der Waals surface area (Å²) >= 11 is 0. The summed E-state index contributed by atoms with van der Waals surface area (Å²) in [6.45, 7) is 11.5. The van der Waals surface area contributed by atoms with Crippen LogP contribution in [0.2, 0.25) is 0 Å². The molecule has 1 aliphatic heterocycles. The first-order valence-corrected chi connectivity index (χ1v) is 12.9. The van der Waals surface area contributed by atoms with E-state index in [1.165, 1.54) is 4.31 Å². The highest BCUT2D eigenvalue weighted by Gasteiger charge is 2.25. The lowest BCUT2D eigenvalue weighted by Gasteiger charge is -2.35. The van der Waals surface area contributed by atoms with Crippen molar-refractivity contribution in [2.45, 2.75) is 45.4 Å². The molecule has 1 aromatic carbocycles. The van der Waals surface area contributed by atoms with Gasteiger partial charge >= 0.3 is 0 Å². The molecule has 1 N–H and O–H groups in total. The van der Waals surface area contributed by atoms with Crippen molar-refractivity contribution in [2.75, 3.05) is 56.5 Å². The largest absolute Gasteiger partial charge is 0.367 e. The molecule has 1 fully saturated rings. The van der Waals surface area contributed by atoms with Crippen LogP contribution in [0.25, 0.3) is 0 Å². The summed E-state index contributed by atoms with van der Waals surface area (Å²) in [4.78, 5) is 17.5. The molecule has 0 saturated carbocycles. The summed E-state index contributed by atoms with van der Waals surface area (Å²) in [5.41, 5.74) is 3.08. The fourth-order valence-corrected chi connectivity index (χ4v) is 5.61. The molecule has 1 aliphatic rings. The van der Waals surface area contributed by atoms with Crippen molar-refractivity contribution in [2.24, 2.45) is 0 Å². The third-order valence-corrected chi connectivity index (χ3v) is 8.26. The summed E-state index contributed by atoms with van der Waals surface area (Å²) in [5, 5.41) is 6.92. The molecule has 3 rings (SSSR count). The second-order valence-electron chi connectivity index (χ2n) is 8.41. The highest BCUT2D eigenvalue weighted by molar-refractivity contribution is 7.89. The number of aromatic nitrogens is 1. The van der Waals surface area contributed by atoms with E-state index in [9.17, 15) is 13.2 Å². The molecule has 9 nitrogen and oxygen atoms in total. The molecule has 0 radical (unpaired) electrons. The number of piperazine rings is 1. The Hall–Kier alpha value is -2.43. The number of carbonyl (C=O) groups is 1. The van der Waals surface area contributed by atoms with E-state index in [-0.39, 0.29) is 17.2 Å². The molecule has 10 heteroatoms. The van der Waals surface area contributed by atoms with E-state index in [1.807, 2.05) is 33.8 Å². The zero-order valence-electron chi connectivity index (χ0n) is 20.2. The van der Waals surface area contributed by atoms with Gasteiger partial charge in [-0.25, -0.2) is 8.42 Å². The van der Waals surface area contributed by atoms with E-state index in [2.05, 4.69) is 27.3 Å². The number of hydrogen-bond acceptors (Lipinski definition) is 7. The molecule has 2 heterocycles. The van der Waals surface area contributed by atoms with Crippen molar-refractivity contribution in [3.05, 3.63) is 35.2 Å². The number of hydrogen-bond donors (Lipinski definition) is 1. The molecule has 1 saturated heterocycles. The first kappa shape index (κ1) is 25.2. The lowest BCUT2D eigenvalue weighted by molar-refractivity contribution is -0.116. The van der Waals surface area contributed by atoms with Gasteiger partial charge in [-0.3, -0.25) is 4.79 Å². The van der Waals surface area contributed by atoms with Crippen molar-refractivity contribution in [1.82, 2.24) is 14.4 Å². The Labute approximate surface area is 196 Å². The van der Waals surface area contributed by atoms with Crippen LogP contribution in [0.4, 0.5) is 11.4 Å². The SMILES string of the molecule is CCN(CC)S(=O)(=O)c1ccc(N2CCN(C)CC2)c(NC(=O)CCc2c(C)noc2C)c1. The molecule has 33 heavy (non-hydrogen) atoms. The van der Waals surface area contributed by atoms with Crippen LogP contribution in [-0.2, 0) is 21.2 Å². The van der Waals surface area contributed by atoms with Crippen LogP contribution >= 0.6 is 0 Å². The van der Waals surface area contributed by atoms with Crippen molar-refractivity contribution < 1.29 is 17.7 Å². The van der Waals surface area contributed by atoms with Crippen molar-refractivity contribution in [1.29, 1.82) is 0 Å². The molecule has 2 aromatic rings. The summed E-state index contributed by atoms with van der Waals surface area (Å²) in [5.74, 6) is 0.536. The van der Waals surface area contributed by atoms with Crippen molar-refractivity contribution >= 4 is 27.3 Å². The summed E-state index contributed by atoms with van der Waals surface area (Å²) in [7, 11) is -1.56. The Morgan fingerprint density at radius 1 is 1.15 bits per heavy atom. The summed E-state index contributed by atoms with van der Waals surface area (Å²) in [6, 6.07) is 5.04. The Bertz CT molecular complexity index is 1050. The second kappa shape index (κ2) is 10.7. The smallest absolute Gasteiger partial charge is 0.243 e. The standard InChI is InChI=1S/C23H35N5O4S/c1-6-28(7-2)33(30,31)19-8-10-22(27-14-12-26(5)13-15-27)21(16-19)24-23(29)11-9-20-17(3)25-32-18(20)4/h8,10,16H,6-7,9,11-15H2,1-5H3,(H,24,29). The molecular formula is C23H35N5O4S. The molecule has 0 atom stereocenters. The quantitative estimate of drug-likeness (QED) is 0.593. The number of nitrogens with one attached hydrogen (secondary N) is 1. The minimum Gasteiger partial charge on any atom is -0.367 e. The van der Waals surface area contributed by atoms with Crippen LogP contribution in [-0.4, -0.2) is 75.0 Å². The lowest BCUT2D eigenvalue weighted by atomic mass is 10.1. The number of nitrogens with zero attached hydrogens (tertiary/aromatic N) is 4. The van der Waals surface area contributed by atoms with Gasteiger partial charge in [0.05, 0.1) is 22.0 Å². The Balaban J connectivity index is 1.87. The number of amides is 1. The predicted octanol–water partition coefficient (Wildman–Crippen LogP) is 2.65. The van der Waals surface area contributed by atoms with Crippen LogP contribution in [0.3, 0.4) is 0 Å². The van der Waals surface area contributed by atoms with Crippen LogP contribution in [0.1, 0.15) is 37.3 Å². The first-order valence-electron chi connectivity index (χ1n) is 11.5. The van der Waals surface area contributed by atoms with Gasteiger partial charge in [0.25, 0.3) is 0 Å². The Kier molecular flexibility index (Phi) is 8.14. The third-order valence-electron chi connectivity index (χ3n) is 6.21. The zero-order chi connectivity index (χ0) is 24.2. The van der Waals surface area contributed by atoms with Crippen LogP contribution in [0, 0.1) is 13.8 Å². The molecule has 0 spiro atoms. The van der Waals surface area contributed by atoms with Gasteiger partial charge in [-0.2, -0.15) is 4.31 Å². The van der Waals surface area contributed by atoms with Crippen LogP contribution in [0.5, 0.6) is 0 Å². The number of benzene rings is 1. The Morgan fingerprint density at radius 3 is 2.39 bits per heavy atom. The number of aryl methyl sites for hydroxylation is 2. The van der Waals surface area contributed by atoms with E-state index < -0.39 is 10.0 Å². The number of carbonyl (C=O) groups excluding carboxylic acids is 1. The van der Waals surface area contributed by atoms with Gasteiger partial charge in [0, 0.05) is 51.3 Å². The number of rotatable bonds is 9. The van der Waals surface area contributed by atoms with Crippen molar-refractivity contribution in [3.63, 3.8) is 0 Å². The minimum absolute atomic E-state index is 0.178. The predicted molar refractivity (Wildman–Crippen MR) is 129 cm³/mol. The van der Waals surface area contributed by atoms with E-state index in [0.717, 1.165) is 43.1 Å². The summed E-state index contributed by atoms with van der Waals surface area (Å²) < 4.78 is 32.8. The monoisotopic (exact) mass is 477 g/mol. The third kappa shape index (κ3) is 5.74. The molecule has 0 aliphatic carbocycles. The molecule has 0 bridgehead atoms. The fourth-order valence-electron chi connectivity index (χ4n) is 4.12. The van der Waals surface area contributed by atoms with Crippen LogP contribution in [0.15, 0.2) is 27.6 Å². The maximum Gasteiger partial charge on any atom is 0.243 e. The number of sulfonamides is 1. The van der Waals surface area contributed by atoms with Crippen LogP contribution < -0.4 is 10.2 Å². The Morgan fingerprint density at radius 2 is 1.82 bits per heavy atom. The highest BCUT2D eigenvalue weighted by atomic mass is 32.2. The average molecular weight is 478 g/mol.